The second-order valence-corrected chi connectivity index (χ2v) is 4.42. The Hall–Kier alpha value is -2.34. The molecule has 0 amide bonds. The lowest BCUT2D eigenvalue weighted by Gasteiger charge is -2.08. The fraction of sp³-hybridized carbons (Fsp3) is 0.154. The normalized spacial score (nSPS) is 10.7. The van der Waals surface area contributed by atoms with Crippen molar-refractivity contribution in [2.24, 2.45) is 0 Å². The third kappa shape index (κ3) is 2.37. The van der Waals surface area contributed by atoms with Gasteiger partial charge in [-0.3, -0.25) is 0 Å². The zero-order valence-electron chi connectivity index (χ0n) is 10.7. The highest BCUT2D eigenvalue weighted by molar-refractivity contribution is 6.32. The molecule has 1 aromatic carbocycles. The van der Waals surface area contributed by atoms with Crippen molar-refractivity contribution in [2.45, 2.75) is 6.92 Å². The Balaban J connectivity index is 2.05. The van der Waals surface area contributed by atoms with Crippen LogP contribution in [0, 0.1) is 0 Å². The molecule has 0 radical (unpaired) electrons. The number of imidazole rings is 1. The molecule has 20 heavy (non-hydrogen) atoms. The standard InChI is InChI=1S/C13H12ClN5O/c1-2-15-13-18-11-10(16-7-17-11)12(19-13)20-9-6-4-3-5-8(9)14/h3-7H,2H2,1H3,(H2,15,16,17,18,19). The van der Waals surface area contributed by atoms with E-state index in [0.717, 1.165) is 0 Å². The summed E-state index contributed by atoms with van der Waals surface area (Å²) in [4.78, 5) is 15.7. The van der Waals surface area contributed by atoms with E-state index < -0.39 is 0 Å². The minimum Gasteiger partial charge on any atom is -0.435 e. The molecular weight excluding hydrogens is 278 g/mol. The van der Waals surface area contributed by atoms with E-state index in [2.05, 4.69) is 25.3 Å². The Morgan fingerprint density at radius 3 is 2.95 bits per heavy atom. The van der Waals surface area contributed by atoms with Crippen LogP contribution in [0.2, 0.25) is 5.02 Å². The number of nitrogens with zero attached hydrogens (tertiary/aromatic N) is 3. The van der Waals surface area contributed by atoms with E-state index in [4.69, 9.17) is 16.3 Å². The minimum atomic E-state index is 0.386. The number of aromatic amines is 1. The fourth-order valence-corrected chi connectivity index (χ4v) is 1.92. The minimum absolute atomic E-state index is 0.386. The Morgan fingerprint density at radius 2 is 2.15 bits per heavy atom. The number of aromatic nitrogens is 4. The third-order valence-corrected chi connectivity index (χ3v) is 2.94. The average Bonchev–Trinajstić information content (AvgIpc) is 2.90. The number of anilines is 1. The fourth-order valence-electron chi connectivity index (χ4n) is 1.75. The van der Waals surface area contributed by atoms with Crippen molar-refractivity contribution in [3.05, 3.63) is 35.6 Å². The number of hydrogen-bond donors (Lipinski definition) is 2. The van der Waals surface area contributed by atoms with Crippen molar-refractivity contribution in [3.8, 4) is 11.6 Å². The molecule has 7 heteroatoms. The van der Waals surface area contributed by atoms with Crippen LogP contribution in [0.5, 0.6) is 11.6 Å². The van der Waals surface area contributed by atoms with Crippen LogP contribution >= 0.6 is 11.6 Å². The molecule has 0 spiro atoms. The van der Waals surface area contributed by atoms with Crippen molar-refractivity contribution >= 4 is 28.7 Å². The lowest BCUT2D eigenvalue weighted by atomic mass is 10.3. The molecule has 102 valence electrons. The highest BCUT2D eigenvalue weighted by atomic mass is 35.5. The maximum atomic E-state index is 6.09. The van der Waals surface area contributed by atoms with Gasteiger partial charge in [-0.25, -0.2) is 4.98 Å². The van der Waals surface area contributed by atoms with Gasteiger partial charge >= 0.3 is 0 Å². The number of halogens is 1. The van der Waals surface area contributed by atoms with E-state index in [1.165, 1.54) is 0 Å². The second kappa shape index (κ2) is 5.34. The van der Waals surface area contributed by atoms with Gasteiger partial charge in [0.15, 0.2) is 5.65 Å². The van der Waals surface area contributed by atoms with Crippen LogP contribution < -0.4 is 10.1 Å². The van der Waals surface area contributed by atoms with Crippen LogP contribution in [0.3, 0.4) is 0 Å². The molecule has 0 unspecified atom stereocenters. The lowest BCUT2D eigenvalue weighted by Crippen LogP contribution is -2.03. The first-order valence-electron chi connectivity index (χ1n) is 6.15. The molecule has 0 saturated heterocycles. The highest BCUT2D eigenvalue weighted by Gasteiger charge is 2.13. The van der Waals surface area contributed by atoms with Gasteiger partial charge in [0, 0.05) is 6.54 Å². The highest BCUT2D eigenvalue weighted by Crippen LogP contribution is 2.31. The van der Waals surface area contributed by atoms with Crippen LogP contribution in [0.25, 0.3) is 11.2 Å². The Kier molecular flexibility index (Phi) is 3.39. The van der Waals surface area contributed by atoms with E-state index in [1.54, 1.807) is 18.5 Å². The first kappa shape index (κ1) is 12.7. The molecule has 0 atom stereocenters. The summed E-state index contributed by atoms with van der Waals surface area (Å²) >= 11 is 6.09. The van der Waals surface area contributed by atoms with E-state index in [0.29, 0.717) is 40.3 Å². The number of benzene rings is 1. The maximum Gasteiger partial charge on any atom is 0.250 e. The number of rotatable bonds is 4. The zero-order chi connectivity index (χ0) is 13.9. The van der Waals surface area contributed by atoms with Gasteiger partial charge in [-0.15, -0.1) is 0 Å². The third-order valence-electron chi connectivity index (χ3n) is 2.63. The predicted octanol–water partition coefficient (Wildman–Crippen LogP) is 3.23. The largest absolute Gasteiger partial charge is 0.435 e. The van der Waals surface area contributed by atoms with Gasteiger partial charge < -0.3 is 15.0 Å². The molecule has 2 heterocycles. The summed E-state index contributed by atoms with van der Waals surface area (Å²) in [6.45, 7) is 2.67. The molecule has 3 rings (SSSR count). The summed E-state index contributed by atoms with van der Waals surface area (Å²) in [5.74, 6) is 1.39. The summed E-state index contributed by atoms with van der Waals surface area (Å²) < 4.78 is 5.77. The number of nitrogens with one attached hydrogen (secondary N) is 2. The summed E-state index contributed by atoms with van der Waals surface area (Å²) in [7, 11) is 0. The topological polar surface area (TPSA) is 75.7 Å². The van der Waals surface area contributed by atoms with Crippen molar-refractivity contribution in [1.82, 2.24) is 19.9 Å². The first-order chi connectivity index (χ1) is 9.78. The van der Waals surface area contributed by atoms with Crippen LogP contribution in [0.4, 0.5) is 5.95 Å². The first-order valence-corrected chi connectivity index (χ1v) is 6.53. The monoisotopic (exact) mass is 289 g/mol. The molecule has 3 aromatic rings. The summed E-state index contributed by atoms with van der Waals surface area (Å²) in [5.41, 5.74) is 1.17. The van der Waals surface area contributed by atoms with Crippen LogP contribution in [0.1, 0.15) is 6.92 Å². The molecular formula is C13H12ClN5O. The zero-order valence-corrected chi connectivity index (χ0v) is 11.5. The maximum absolute atomic E-state index is 6.09. The lowest BCUT2D eigenvalue weighted by molar-refractivity contribution is 0.468. The molecule has 0 saturated carbocycles. The quantitative estimate of drug-likeness (QED) is 0.771. The SMILES string of the molecule is CCNc1nc(Oc2ccccc2Cl)c2[nH]cnc2n1. The van der Waals surface area contributed by atoms with Crippen molar-refractivity contribution in [2.75, 3.05) is 11.9 Å². The number of para-hydroxylation sites is 1. The van der Waals surface area contributed by atoms with E-state index >= 15 is 0 Å². The van der Waals surface area contributed by atoms with Gasteiger partial charge in [0.2, 0.25) is 5.95 Å². The average molecular weight is 290 g/mol. The smallest absolute Gasteiger partial charge is 0.250 e. The van der Waals surface area contributed by atoms with E-state index in [-0.39, 0.29) is 0 Å². The van der Waals surface area contributed by atoms with Crippen LogP contribution in [0.15, 0.2) is 30.6 Å². The van der Waals surface area contributed by atoms with E-state index in [1.807, 2.05) is 19.1 Å². The molecule has 0 bridgehead atoms. The number of fused-ring (bicyclic) bond motifs is 1. The van der Waals surface area contributed by atoms with Crippen LogP contribution in [-0.4, -0.2) is 26.5 Å². The Labute approximate surface area is 120 Å². The molecule has 2 N–H and O–H groups in total. The van der Waals surface area contributed by atoms with Crippen molar-refractivity contribution in [1.29, 1.82) is 0 Å². The van der Waals surface area contributed by atoms with Gasteiger partial charge in [0.25, 0.3) is 5.88 Å². The predicted molar refractivity (Wildman–Crippen MR) is 77.4 cm³/mol. The summed E-state index contributed by atoms with van der Waals surface area (Å²) in [5, 5.41) is 3.56. The number of H-pyrrole nitrogens is 1. The molecule has 0 aliphatic heterocycles. The van der Waals surface area contributed by atoms with Crippen molar-refractivity contribution < 1.29 is 4.74 Å². The second-order valence-electron chi connectivity index (χ2n) is 4.02. The van der Waals surface area contributed by atoms with Gasteiger partial charge in [-0.05, 0) is 19.1 Å². The van der Waals surface area contributed by atoms with Gasteiger partial charge in [-0.1, -0.05) is 23.7 Å². The molecule has 6 nitrogen and oxygen atoms in total. The van der Waals surface area contributed by atoms with E-state index in [9.17, 15) is 0 Å². The Bertz CT molecular complexity index is 742. The molecule has 0 aliphatic rings. The van der Waals surface area contributed by atoms with Gasteiger partial charge in [0.1, 0.15) is 11.3 Å². The summed E-state index contributed by atoms with van der Waals surface area (Å²) in [6.07, 6.45) is 1.55. The van der Waals surface area contributed by atoms with Gasteiger partial charge in [-0.2, -0.15) is 9.97 Å². The molecule has 0 fully saturated rings. The van der Waals surface area contributed by atoms with Crippen LogP contribution in [-0.2, 0) is 0 Å². The van der Waals surface area contributed by atoms with Gasteiger partial charge in [0.05, 0.1) is 11.3 Å². The Morgan fingerprint density at radius 1 is 1.30 bits per heavy atom. The molecule has 0 aliphatic carbocycles. The summed E-state index contributed by atoms with van der Waals surface area (Å²) in [6, 6.07) is 7.22. The van der Waals surface area contributed by atoms with Crippen molar-refractivity contribution in [3.63, 3.8) is 0 Å². The number of ether oxygens (including phenoxy) is 1. The number of hydrogen-bond acceptors (Lipinski definition) is 5. The molecule has 2 aromatic heterocycles.